The average molecular weight is 234 g/mol. The van der Waals surface area contributed by atoms with Gasteiger partial charge in [0.25, 0.3) is 0 Å². The smallest absolute Gasteiger partial charge is 0.0362 e. The molecular formula is C13H18N2S. The minimum atomic E-state index is 0.943. The van der Waals surface area contributed by atoms with Crippen LogP contribution >= 0.6 is 11.3 Å². The monoisotopic (exact) mass is 234 g/mol. The first-order valence-corrected chi connectivity index (χ1v) is 6.57. The van der Waals surface area contributed by atoms with E-state index in [2.05, 4.69) is 53.5 Å². The fourth-order valence-electron chi connectivity index (χ4n) is 1.81. The Morgan fingerprint density at radius 3 is 2.88 bits per heavy atom. The summed E-state index contributed by atoms with van der Waals surface area (Å²) in [6, 6.07) is 6.46. The van der Waals surface area contributed by atoms with Gasteiger partial charge in [-0.3, -0.25) is 0 Å². The Hall–Kier alpha value is -1.06. The standard InChI is InChI=1S/C13H18N2S/c1-3-15-7-4-5-12(15)9-14-10-13-11(2)6-8-16-13/h4-8,14H,3,9-10H2,1-2H3. The van der Waals surface area contributed by atoms with Gasteiger partial charge in [0.2, 0.25) is 0 Å². The number of thiophene rings is 1. The van der Waals surface area contributed by atoms with Crippen LogP contribution in [0.2, 0.25) is 0 Å². The second-order valence-corrected chi connectivity index (χ2v) is 4.92. The molecule has 0 bridgehead atoms. The first-order valence-electron chi connectivity index (χ1n) is 5.69. The maximum absolute atomic E-state index is 3.50. The second kappa shape index (κ2) is 5.32. The topological polar surface area (TPSA) is 17.0 Å². The molecule has 0 aliphatic carbocycles. The van der Waals surface area contributed by atoms with E-state index >= 15 is 0 Å². The summed E-state index contributed by atoms with van der Waals surface area (Å²) in [6.07, 6.45) is 2.13. The number of hydrogen-bond acceptors (Lipinski definition) is 2. The summed E-state index contributed by atoms with van der Waals surface area (Å²) in [5.74, 6) is 0. The molecule has 0 fully saturated rings. The Labute approximate surface area is 101 Å². The molecule has 2 rings (SSSR count). The lowest BCUT2D eigenvalue weighted by Gasteiger charge is -2.07. The molecule has 2 aromatic heterocycles. The van der Waals surface area contributed by atoms with Crippen LogP contribution in [-0.4, -0.2) is 4.57 Å². The second-order valence-electron chi connectivity index (χ2n) is 3.92. The zero-order chi connectivity index (χ0) is 11.4. The molecule has 0 aliphatic heterocycles. The van der Waals surface area contributed by atoms with Crippen LogP contribution in [0, 0.1) is 6.92 Å². The molecule has 0 aliphatic rings. The van der Waals surface area contributed by atoms with E-state index < -0.39 is 0 Å². The Bertz CT molecular complexity index is 442. The van der Waals surface area contributed by atoms with Gasteiger partial charge < -0.3 is 9.88 Å². The van der Waals surface area contributed by atoms with E-state index in [0.717, 1.165) is 19.6 Å². The van der Waals surface area contributed by atoms with Gasteiger partial charge in [-0.15, -0.1) is 11.3 Å². The summed E-state index contributed by atoms with van der Waals surface area (Å²) in [5.41, 5.74) is 2.75. The molecule has 0 aromatic carbocycles. The van der Waals surface area contributed by atoms with Crippen LogP contribution in [0.15, 0.2) is 29.8 Å². The molecule has 0 saturated heterocycles. The number of rotatable bonds is 5. The van der Waals surface area contributed by atoms with Gasteiger partial charge in [-0.05, 0) is 43.0 Å². The lowest BCUT2D eigenvalue weighted by molar-refractivity contribution is 0.631. The van der Waals surface area contributed by atoms with E-state index in [1.54, 1.807) is 0 Å². The first-order chi connectivity index (χ1) is 7.81. The first kappa shape index (κ1) is 11.4. The Morgan fingerprint density at radius 1 is 1.31 bits per heavy atom. The third kappa shape index (κ3) is 2.54. The molecule has 86 valence electrons. The fraction of sp³-hybridized carbons (Fsp3) is 0.385. The molecule has 2 aromatic rings. The van der Waals surface area contributed by atoms with E-state index in [9.17, 15) is 0 Å². The predicted molar refractivity (Wildman–Crippen MR) is 69.7 cm³/mol. The van der Waals surface area contributed by atoms with E-state index in [1.165, 1.54) is 16.1 Å². The third-order valence-electron chi connectivity index (χ3n) is 2.82. The summed E-state index contributed by atoms with van der Waals surface area (Å²) < 4.78 is 2.27. The van der Waals surface area contributed by atoms with Crippen molar-refractivity contribution in [3.8, 4) is 0 Å². The summed E-state index contributed by atoms with van der Waals surface area (Å²) in [6.45, 7) is 7.30. The maximum atomic E-state index is 3.50. The van der Waals surface area contributed by atoms with Crippen molar-refractivity contribution < 1.29 is 0 Å². The molecule has 1 N–H and O–H groups in total. The highest BCUT2D eigenvalue weighted by Gasteiger charge is 2.01. The number of aromatic nitrogens is 1. The molecule has 0 saturated carbocycles. The number of aryl methyl sites for hydroxylation is 2. The highest BCUT2D eigenvalue weighted by Crippen LogP contribution is 2.15. The highest BCUT2D eigenvalue weighted by atomic mass is 32.1. The summed E-state index contributed by atoms with van der Waals surface area (Å²) in [4.78, 5) is 1.44. The minimum absolute atomic E-state index is 0.943. The van der Waals surface area contributed by atoms with Gasteiger partial charge in [0.1, 0.15) is 0 Å². The van der Waals surface area contributed by atoms with Crippen LogP contribution < -0.4 is 5.32 Å². The summed E-state index contributed by atoms with van der Waals surface area (Å²) in [7, 11) is 0. The summed E-state index contributed by atoms with van der Waals surface area (Å²) >= 11 is 1.83. The zero-order valence-electron chi connectivity index (χ0n) is 9.86. The van der Waals surface area contributed by atoms with Crippen molar-refractivity contribution in [2.75, 3.05) is 0 Å². The summed E-state index contributed by atoms with van der Waals surface area (Å²) in [5, 5.41) is 5.65. The van der Waals surface area contributed by atoms with Crippen molar-refractivity contribution in [3.05, 3.63) is 45.9 Å². The molecular weight excluding hydrogens is 216 g/mol. The van der Waals surface area contributed by atoms with Gasteiger partial charge in [-0.1, -0.05) is 0 Å². The van der Waals surface area contributed by atoms with E-state index in [1.807, 2.05) is 11.3 Å². The Kier molecular flexibility index (Phi) is 3.80. The number of hydrogen-bond donors (Lipinski definition) is 1. The molecule has 16 heavy (non-hydrogen) atoms. The van der Waals surface area contributed by atoms with Crippen LogP contribution in [0.5, 0.6) is 0 Å². The average Bonchev–Trinajstić information content (AvgIpc) is 2.88. The van der Waals surface area contributed by atoms with Crippen molar-refractivity contribution in [2.24, 2.45) is 0 Å². The Morgan fingerprint density at radius 2 is 2.19 bits per heavy atom. The number of nitrogens with zero attached hydrogens (tertiary/aromatic N) is 1. The number of nitrogens with one attached hydrogen (secondary N) is 1. The Balaban J connectivity index is 1.87. The largest absolute Gasteiger partial charge is 0.351 e. The van der Waals surface area contributed by atoms with E-state index in [-0.39, 0.29) is 0 Å². The van der Waals surface area contributed by atoms with E-state index in [0.29, 0.717) is 0 Å². The lowest BCUT2D eigenvalue weighted by Crippen LogP contribution is -2.15. The SMILES string of the molecule is CCn1cccc1CNCc1sccc1C. The van der Waals surface area contributed by atoms with Gasteiger partial charge in [0.05, 0.1) is 0 Å². The minimum Gasteiger partial charge on any atom is -0.351 e. The zero-order valence-corrected chi connectivity index (χ0v) is 10.7. The lowest BCUT2D eigenvalue weighted by atomic mass is 10.3. The molecule has 0 unspecified atom stereocenters. The molecule has 0 radical (unpaired) electrons. The van der Waals surface area contributed by atoms with Gasteiger partial charge in [-0.25, -0.2) is 0 Å². The molecule has 2 heterocycles. The van der Waals surface area contributed by atoms with E-state index in [4.69, 9.17) is 0 Å². The van der Waals surface area contributed by atoms with Crippen LogP contribution in [0.3, 0.4) is 0 Å². The van der Waals surface area contributed by atoms with Crippen LogP contribution in [0.25, 0.3) is 0 Å². The van der Waals surface area contributed by atoms with Gasteiger partial charge >= 0.3 is 0 Å². The van der Waals surface area contributed by atoms with Crippen molar-refractivity contribution in [1.29, 1.82) is 0 Å². The normalized spacial score (nSPS) is 10.9. The van der Waals surface area contributed by atoms with Crippen molar-refractivity contribution in [3.63, 3.8) is 0 Å². The highest BCUT2D eigenvalue weighted by molar-refractivity contribution is 7.10. The van der Waals surface area contributed by atoms with Crippen molar-refractivity contribution in [1.82, 2.24) is 9.88 Å². The van der Waals surface area contributed by atoms with Crippen LogP contribution in [0.4, 0.5) is 0 Å². The van der Waals surface area contributed by atoms with Gasteiger partial charge in [0.15, 0.2) is 0 Å². The molecule has 2 nitrogen and oxygen atoms in total. The fourth-order valence-corrected chi connectivity index (χ4v) is 2.68. The van der Waals surface area contributed by atoms with Crippen molar-refractivity contribution >= 4 is 11.3 Å². The maximum Gasteiger partial charge on any atom is 0.0362 e. The molecule has 0 amide bonds. The van der Waals surface area contributed by atoms with Gasteiger partial charge in [-0.2, -0.15) is 0 Å². The van der Waals surface area contributed by atoms with Crippen LogP contribution in [-0.2, 0) is 19.6 Å². The quantitative estimate of drug-likeness (QED) is 0.841. The predicted octanol–water partition coefficient (Wildman–Crippen LogP) is 3.17. The van der Waals surface area contributed by atoms with Crippen molar-refractivity contribution in [2.45, 2.75) is 33.5 Å². The third-order valence-corrected chi connectivity index (χ3v) is 3.85. The molecule has 0 atom stereocenters. The van der Waals surface area contributed by atoms with Gasteiger partial charge in [0, 0.05) is 36.4 Å². The molecule has 0 spiro atoms. The molecule has 3 heteroatoms. The van der Waals surface area contributed by atoms with Crippen LogP contribution in [0.1, 0.15) is 23.1 Å².